The Hall–Kier alpha value is -2.64. The minimum Gasteiger partial charge on any atom is -0.384 e. The number of aliphatic hydroxyl groups excluding tert-OH is 2. The fraction of sp³-hybridized carbons (Fsp3) is 0.250. The average molecular weight is 412 g/mol. The van der Waals surface area contributed by atoms with Gasteiger partial charge in [0.25, 0.3) is 0 Å². The number of halogens is 2. The Kier molecular flexibility index (Phi) is 5.66. The molecule has 3 atom stereocenters. The summed E-state index contributed by atoms with van der Waals surface area (Å²) in [4.78, 5) is 0. The summed E-state index contributed by atoms with van der Waals surface area (Å²) in [5, 5.41) is 19.5. The summed E-state index contributed by atoms with van der Waals surface area (Å²) in [6, 6.07) is 28.3. The maximum Gasteiger partial charge on any atom is 0.325 e. The van der Waals surface area contributed by atoms with E-state index < -0.39 is 30.0 Å². The smallest absolute Gasteiger partial charge is 0.325 e. The van der Waals surface area contributed by atoms with Gasteiger partial charge >= 0.3 is 5.92 Å². The highest BCUT2D eigenvalue weighted by atomic mass is 19.3. The summed E-state index contributed by atoms with van der Waals surface area (Å²) < 4.78 is 39.1. The first-order valence-corrected chi connectivity index (χ1v) is 9.66. The molecule has 156 valence electrons. The first kappa shape index (κ1) is 20.6. The Labute approximate surface area is 173 Å². The highest BCUT2D eigenvalue weighted by molar-refractivity contribution is 5.47. The molecule has 1 aliphatic heterocycles. The van der Waals surface area contributed by atoms with Gasteiger partial charge in [-0.2, -0.15) is 8.78 Å². The molecule has 4 nitrogen and oxygen atoms in total. The molecule has 4 rings (SSSR count). The number of aliphatic hydroxyl groups is 2. The van der Waals surface area contributed by atoms with Gasteiger partial charge in [-0.1, -0.05) is 91.0 Å². The zero-order valence-corrected chi connectivity index (χ0v) is 16.1. The van der Waals surface area contributed by atoms with E-state index in [1.54, 1.807) is 0 Å². The molecule has 0 aromatic heterocycles. The molecule has 0 aliphatic carbocycles. The lowest BCUT2D eigenvalue weighted by Crippen LogP contribution is -2.42. The molecule has 3 aromatic rings. The standard InChI is InChI=1S/C24H22F2O4/c25-24(26)21(27)20(30-22(24)28)16-29-23(17-10-4-1-5-11-17,18-12-6-2-7-13-18)19-14-8-3-9-15-19/h1-15,20-22,27-28H,16H2/t20-,21-,22+/m1/s1. The van der Waals surface area contributed by atoms with Gasteiger partial charge < -0.3 is 19.7 Å². The number of alkyl halides is 2. The van der Waals surface area contributed by atoms with Crippen LogP contribution in [0.2, 0.25) is 0 Å². The zero-order chi connectivity index (χ0) is 21.2. The number of hydrogen-bond donors (Lipinski definition) is 2. The third kappa shape index (κ3) is 3.52. The second kappa shape index (κ2) is 8.24. The fourth-order valence-electron chi connectivity index (χ4n) is 3.83. The lowest BCUT2D eigenvalue weighted by molar-refractivity contribution is -0.200. The largest absolute Gasteiger partial charge is 0.384 e. The van der Waals surface area contributed by atoms with Crippen molar-refractivity contribution in [2.75, 3.05) is 6.61 Å². The van der Waals surface area contributed by atoms with Crippen LogP contribution in [0.25, 0.3) is 0 Å². The predicted octanol–water partition coefficient (Wildman–Crippen LogP) is 3.71. The van der Waals surface area contributed by atoms with E-state index in [1.807, 2.05) is 91.0 Å². The lowest BCUT2D eigenvalue weighted by atomic mass is 9.80. The Morgan fingerprint density at radius 3 is 1.50 bits per heavy atom. The molecule has 0 spiro atoms. The van der Waals surface area contributed by atoms with Crippen LogP contribution in [0, 0.1) is 0 Å². The second-order valence-corrected chi connectivity index (χ2v) is 7.24. The summed E-state index contributed by atoms with van der Waals surface area (Å²) in [7, 11) is 0. The summed E-state index contributed by atoms with van der Waals surface area (Å²) in [6.07, 6.45) is -5.93. The van der Waals surface area contributed by atoms with Crippen molar-refractivity contribution in [1.82, 2.24) is 0 Å². The molecular weight excluding hydrogens is 390 g/mol. The molecule has 6 heteroatoms. The summed E-state index contributed by atoms with van der Waals surface area (Å²) in [5.74, 6) is -3.76. The number of rotatable bonds is 6. The molecule has 1 aliphatic rings. The van der Waals surface area contributed by atoms with Crippen LogP contribution in [-0.2, 0) is 15.1 Å². The van der Waals surface area contributed by atoms with Gasteiger partial charge in [-0.3, -0.25) is 0 Å². The second-order valence-electron chi connectivity index (χ2n) is 7.24. The van der Waals surface area contributed by atoms with Gasteiger partial charge in [-0.15, -0.1) is 0 Å². The van der Waals surface area contributed by atoms with Crippen LogP contribution in [0.4, 0.5) is 8.78 Å². The topological polar surface area (TPSA) is 58.9 Å². The van der Waals surface area contributed by atoms with E-state index >= 15 is 0 Å². The SMILES string of the molecule is O[C@@H]1[C@@H](COC(c2ccccc2)(c2ccccc2)c2ccccc2)O[C@H](O)C1(F)F. The molecular formula is C24H22F2O4. The normalized spacial score (nSPS) is 23.4. The number of ether oxygens (including phenoxy) is 2. The molecule has 0 saturated carbocycles. The molecule has 0 amide bonds. The van der Waals surface area contributed by atoms with E-state index in [2.05, 4.69) is 0 Å². The minimum absolute atomic E-state index is 0.355. The Morgan fingerprint density at radius 2 is 1.17 bits per heavy atom. The third-order valence-corrected chi connectivity index (χ3v) is 5.38. The van der Waals surface area contributed by atoms with Gasteiger partial charge in [0.2, 0.25) is 6.29 Å². The van der Waals surface area contributed by atoms with Crippen molar-refractivity contribution >= 4 is 0 Å². The van der Waals surface area contributed by atoms with Crippen molar-refractivity contribution in [2.45, 2.75) is 30.0 Å². The molecule has 1 heterocycles. The monoisotopic (exact) mass is 412 g/mol. The van der Waals surface area contributed by atoms with E-state index in [-0.39, 0.29) is 6.61 Å². The van der Waals surface area contributed by atoms with Gasteiger partial charge in [0, 0.05) is 0 Å². The van der Waals surface area contributed by atoms with Crippen molar-refractivity contribution in [3.05, 3.63) is 108 Å². The summed E-state index contributed by atoms with van der Waals surface area (Å²) in [5.41, 5.74) is 1.25. The van der Waals surface area contributed by atoms with Crippen molar-refractivity contribution < 1.29 is 28.5 Å². The van der Waals surface area contributed by atoms with Crippen molar-refractivity contribution in [3.8, 4) is 0 Å². The van der Waals surface area contributed by atoms with Crippen LogP contribution in [0.1, 0.15) is 16.7 Å². The molecule has 2 N–H and O–H groups in total. The minimum atomic E-state index is -3.76. The van der Waals surface area contributed by atoms with Gasteiger partial charge in [-0.25, -0.2) is 0 Å². The van der Waals surface area contributed by atoms with E-state index in [0.717, 1.165) is 16.7 Å². The van der Waals surface area contributed by atoms with Gasteiger partial charge in [0.1, 0.15) is 11.7 Å². The van der Waals surface area contributed by atoms with Crippen molar-refractivity contribution in [2.24, 2.45) is 0 Å². The number of benzene rings is 3. The lowest BCUT2D eigenvalue weighted by Gasteiger charge is -2.37. The summed E-state index contributed by atoms with van der Waals surface area (Å²) >= 11 is 0. The predicted molar refractivity (Wildman–Crippen MR) is 107 cm³/mol. The average Bonchev–Trinajstić information content (AvgIpc) is 2.99. The molecule has 1 fully saturated rings. The van der Waals surface area contributed by atoms with Gasteiger partial charge in [-0.05, 0) is 16.7 Å². The fourth-order valence-corrected chi connectivity index (χ4v) is 3.83. The van der Waals surface area contributed by atoms with Crippen LogP contribution >= 0.6 is 0 Å². The van der Waals surface area contributed by atoms with Crippen LogP contribution in [-0.4, -0.2) is 41.2 Å². The van der Waals surface area contributed by atoms with E-state index in [1.165, 1.54) is 0 Å². The first-order chi connectivity index (χ1) is 14.5. The van der Waals surface area contributed by atoms with Gasteiger partial charge in [0.05, 0.1) is 6.61 Å². The van der Waals surface area contributed by atoms with Crippen LogP contribution in [0.5, 0.6) is 0 Å². The van der Waals surface area contributed by atoms with E-state index in [9.17, 15) is 19.0 Å². The molecule has 0 unspecified atom stereocenters. The zero-order valence-electron chi connectivity index (χ0n) is 16.1. The molecule has 0 radical (unpaired) electrons. The van der Waals surface area contributed by atoms with E-state index in [0.29, 0.717) is 0 Å². The maximum absolute atomic E-state index is 13.9. The molecule has 3 aromatic carbocycles. The highest BCUT2D eigenvalue weighted by Gasteiger charge is 2.58. The molecule has 1 saturated heterocycles. The number of hydrogen-bond acceptors (Lipinski definition) is 4. The third-order valence-electron chi connectivity index (χ3n) is 5.38. The van der Waals surface area contributed by atoms with Gasteiger partial charge in [0.15, 0.2) is 6.10 Å². The Balaban J connectivity index is 1.80. The Bertz CT molecular complexity index is 854. The first-order valence-electron chi connectivity index (χ1n) is 9.66. The van der Waals surface area contributed by atoms with E-state index in [4.69, 9.17) is 9.47 Å². The maximum atomic E-state index is 13.9. The van der Waals surface area contributed by atoms with Crippen LogP contribution in [0.15, 0.2) is 91.0 Å². The van der Waals surface area contributed by atoms with Crippen LogP contribution < -0.4 is 0 Å². The highest BCUT2D eigenvalue weighted by Crippen LogP contribution is 2.42. The summed E-state index contributed by atoms with van der Waals surface area (Å²) in [6.45, 7) is -0.355. The molecule has 30 heavy (non-hydrogen) atoms. The molecule has 0 bridgehead atoms. The van der Waals surface area contributed by atoms with Crippen molar-refractivity contribution in [3.63, 3.8) is 0 Å². The van der Waals surface area contributed by atoms with Crippen LogP contribution in [0.3, 0.4) is 0 Å². The van der Waals surface area contributed by atoms with Crippen molar-refractivity contribution in [1.29, 1.82) is 0 Å². The quantitative estimate of drug-likeness (QED) is 0.606. The Morgan fingerprint density at radius 1 is 0.767 bits per heavy atom.